The first-order chi connectivity index (χ1) is 10.1. The van der Waals surface area contributed by atoms with E-state index >= 15 is 0 Å². The van der Waals surface area contributed by atoms with Gasteiger partial charge < -0.3 is 15.2 Å². The van der Waals surface area contributed by atoms with E-state index in [0.717, 1.165) is 0 Å². The molecule has 0 atom stereocenters. The van der Waals surface area contributed by atoms with Gasteiger partial charge in [0.1, 0.15) is 5.82 Å². The maximum absolute atomic E-state index is 11.1. The van der Waals surface area contributed by atoms with Gasteiger partial charge in [0.05, 0.1) is 22.8 Å². The molecule has 1 aliphatic rings. The van der Waals surface area contributed by atoms with Crippen molar-refractivity contribution in [2.24, 2.45) is 5.10 Å². The number of anilines is 2. The topological polar surface area (TPSA) is 125 Å². The lowest BCUT2D eigenvalue weighted by atomic mass is 10.1. The molecular weight excluding hydrogens is 298 g/mol. The molecule has 9 nitrogen and oxygen atoms in total. The van der Waals surface area contributed by atoms with Crippen molar-refractivity contribution in [3.63, 3.8) is 0 Å². The second-order valence-electron chi connectivity index (χ2n) is 3.97. The highest BCUT2D eigenvalue weighted by Crippen LogP contribution is 2.37. The van der Waals surface area contributed by atoms with Crippen LogP contribution in [0.25, 0.3) is 0 Å². The third-order valence-corrected chi connectivity index (χ3v) is 3.37. The molecule has 2 heterocycles. The van der Waals surface area contributed by atoms with Gasteiger partial charge in [-0.1, -0.05) is 0 Å². The zero-order valence-electron chi connectivity index (χ0n) is 10.5. The number of nitrogens with two attached hydrogens (primary N) is 1. The molecule has 2 aromatic rings. The Morgan fingerprint density at radius 1 is 1.48 bits per heavy atom. The lowest BCUT2D eigenvalue weighted by molar-refractivity contribution is -0.385. The van der Waals surface area contributed by atoms with Gasteiger partial charge in [-0.05, 0) is 6.07 Å². The van der Waals surface area contributed by atoms with Gasteiger partial charge >= 0.3 is 0 Å². The fourth-order valence-electron chi connectivity index (χ4n) is 1.70. The highest BCUT2D eigenvalue weighted by atomic mass is 32.1. The lowest BCUT2D eigenvalue weighted by Crippen LogP contribution is -1.97. The number of benzene rings is 1. The van der Waals surface area contributed by atoms with Crippen LogP contribution < -0.4 is 20.6 Å². The van der Waals surface area contributed by atoms with Crippen molar-refractivity contribution in [2.75, 3.05) is 18.0 Å². The van der Waals surface area contributed by atoms with E-state index < -0.39 is 4.92 Å². The zero-order valence-corrected chi connectivity index (χ0v) is 11.3. The molecule has 0 fully saturated rings. The minimum Gasteiger partial charge on any atom is -0.454 e. The van der Waals surface area contributed by atoms with E-state index in [4.69, 9.17) is 15.2 Å². The van der Waals surface area contributed by atoms with Gasteiger partial charge in [-0.2, -0.15) is 5.10 Å². The van der Waals surface area contributed by atoms with Gasteiger partial charge in [0.15, 0.2) is 11.5 Å². The summed E-state index contributed by atoms with van der Waals surface area (Å²) in [5, 5.41) is 17.1. The van der Waals surface area contributed by atoms with E-state index in [1.54, 1.807) is 5.38 Å². The van der Waals surface area contributed by atoms with E-state index in [9.17, 15) is 10.1 Å². The monoisotopic (exact) mass is 307 g/mol. The smallest absolute Gasteiger partial charge is 0.282 e. The van der Waals surface area contributed by atoms with Crippen LogP contribution in [0, 0.1) is 10.1 Å². The molecular formula is C11H9N5O4S. The van der Waals surface area contributed by atoms with Crippen LogP contribution in [-0.2, 0) is 0 Å². The van der Waals surface area contributed by atoms with Crippen molar-refractivity contribution in [3.05, 3.63) is 33.2 Å². The Morgan fingerprint density at radius 2 is 2.24 bits per heavy atom. The molecule has 1 aromatic carbocycles. The van der Waals surface area contributed by atoms with Gasteiger partial charge in [-0.3, -0.25) is 15.5 Å². The minimum atomic E-state index is -0.509. The summed E-state index contributed by atoms with van der Waals surface area (Å²) in [6, 6.07) is 2.81. The molecule has 0 unspecified atom stereocenters. The summed E-state index contributed by atoms with van der Waals surface area (Å²) in [6.45, 7) is 0.0454. The Hall–Kier alpha value is -2.88. The van der Waals surface area contributed by atoms with Gasteiger partial charge in [0, 0.05) is 5.38 Å². The van der Waals surface area contributed by atoms with Crippen LogP contribution in [0.5, 0.6) is 11.5 Å². The molecule has 0 saturated heterocycles. The van der Waals surface area contributed by atoms with Crippen LogP contribution in [0.15, 0.2) is 22.6 Å². The molecule has 3 N–H and O–H groups in total. The van der Waals surface area contributed by atoms with Gasteiger partial charge in [-0.15, -0.1) is 11.3 Å². The molecule has 21 heavy (non-hydrogen) atoms. The summed E-state index contributed by atoms with van der Waals surface area (Å²) < 4.78 is 10.3. The average Bonchev–Trinajstić information content (AvgIpc) is 3.06. The summed E-state index contributed by atoms with van der Waals surface area (Å²) in [7, 11) is 0. The first kappa shape index (κ1) is 13.1. The summed E-state index contributed by atoms with van der Waals surface area (Å²) in [6.07, 6.45) is 1.32. The molecule has 3 rings (SSSR count). The van der Waals surface area contributed by atoms with Crippen molar-refractivity contribution in [2.45, 2.75) is 0 Å². The number of nitrogen functional groups attached to an aromatic ring is 1. The summed E-state index contributed by atoms with van der Waals surface area (Å²) >= 11 is 1.28. The number of aromatic nitrogens is 1. The Bertz CT molecular complexity index is 729. The van der Waals surface area contributed by atoms with Crippen LogP contribution in [-0.4, -0.2) is 22.9 Å². The Labute approximate surface area is 122 Å². The number of hydrogen-bond acceptors (Lipinski definition) is 9. The number of hydrazone groups is 1. The van der Waals surface area contributed by atoms with Crippen molar-refractivity contribution < 1.29 is 14.4 Å². The van der Waals surface area contributed by atoms with Crippen LogP contribution >= 0.6 is 11.3 Å². The summed E-state index contributed by atoms with van der Waals surface area (Å²) in [5.74, 6) is 1.17. The number of nitrogens with one attached hydrogen (secondary N) is 1. The maximum atomic E-state index is 11.1. The molecule has 0 saturated carbocycles. The third-order valence-electron chi connectivity index (χ3n) is 2.60. The van der Waals surface area contributed by atoms with Gasteiger partial charge in [-0.25, -0.2) is 4.98 Å². The van der Waals surface area contributed by atoms with Crippen LogP contribution in [0.3, 0.4) is 0 Å². The second kappa shape index (κ2) is 5.25. The number of hydrogen-bond donors (Lipinski definition) is 2. The quantitative estimate of drug-likeness (QED) is 0.501. The number of thiazole rings is 1. The molecule has 0 aliphatic carbocycles. The normalized spacial score (nSPS) is 12.8. The van der Waals surface area contributed by atoms with E-state index in [-0.39, 0.29) is 12.5 Å². The highest BCUT2D eigenvalue weighted by Gasteiger charge is 2.22. The fourth-order valence-corrected chi connectivity index (χ4v) is 2.25. The SMILES string of the molecule is Nc1csc(NN=Cc2cc3c(cc2[N+](=O)[O-])OCO3)n1. The van der Waals surface area contributed by atoms with E-state index in [1.807, 2.05) is 0 Å². The largest absolute Gasteiger partial charge is 0.454 e. The Morgan fingerprint density at radius 3 is 2.90 bits per heavy atom. The fraction of sp³-hybridized carbons (Fsp3) is 0.0909. The number of nitro benzene ring substituents is 1. The number of nitro groups is 1. The van der Waals surface area contributed by atoms with Crippen molar-refractivity contribution in [1.82, 2.24) is 4.98 Å². The molecule has 10 heteroatoms. The number of ether oxygens (including phenoxy) is 2. The maximum Gasteiger partial charge on any atom is 0.282 e. The van der Waals surface area contributed by atoms with Crippen molar-refractivity contribution in [3.8, 4) is 11.5 Å². The van der Waals surface area contributed by atoms with Crippen LogP contribution in [0.1, 0.15) is 5.56 Å². The van der Waals surface area contributed by atoms with E-state index in [0.29, 0.717) is 28.0 Å². The van der Waals surface area contributed by atoms with Crippen molar-refractivity contribution >= 4 is 34.2 Å². The molecule has 0 radical (unpaired) electrons. The van der Waals surface area contributed by atoms with Crippen molar-refractivity contribution in [1.29, 1.82) is 0 Å². The molecule has 1 aromatic heterocycles. The third kappa shape index (κ3) is 2.69. The first-order valence-electron chi connectivity index (χ1n) is 5.71. The average molecular weight is 307 g/mol. The number of rotatable bonds is 4. The molecule has 108 valence electrons. The zero-order chi connectivity index (χ0) is 14.8. The summed E-state index contributed by atoms with van der Waals surface area (Å²) in [5.41, 5.74) is 8.30. The first-order valence-corrected chi connectivity index (χ1v) is 6.59. The van der Waals surface area contributed by atoms with Gasteiger partial charge in [0.25, 0.3) is 5.69 Å². The molecule has 0 bridgehead atoms. The van der Waals surface area contributed by atoms with Crippen LogP contribution in [0.4, 0.5) is 16.6 Å². The lowest BCUT2D eigenvalue weighted by Gasteiger charge is -2.00. The number of fused-ring (bicyclic) bond motifs is 1. The number of nitrogens with zero attached hydrogens (tertiary/aromatic N) is 3. The van der Waals surface area contributed by atoms with Gasteiger partial charge in [0.2, 0.25) is 11.9 Å². The molecule has 1 aliphatic heterocycles. The predicted molar refractivity (Wildman–Crippen MR) is 77.0 cm³/mol. The molecule has 0 amide bonds. The molecule has 0 spiro atoms. The Kier molecular flexibility index (Phi) is 3.28. The standard InChI is InChI=1S/C11H9N5O4S/c12-10-4-21-11(14-10)15-13-3-6-1-8-9(20-5-19-8)2-7(6)16(17)18/h1-4H,5,12H2,(H,14,15). The summed E-state index contributed by atoms with van der Waals surface area (Å²) in [4.78, 5) is 14.5. The predicted octanol–water partition coefficient (Wildman–Crippen LogP) is 1.81. The highest BCUT2D eigenvalue weighted by molar-refractivity contribution is 7.14. The minimum absolute atomic E-state index is 0.0454. The van der Waals surface area contributed by atoms with Crippen LogP contribution in [0.2, 0.25) is 0 Å². The second-order valence-corrected chi connectivity index (χ2v) is 4.83. The van der Waals surface area contributed by atoms with E-state index in [1.165, 1.54) is 29.7 Å². The van der Waals surface area contributed by atoms with E-state index in [2.05, 4.69) is 15.5 Å². The Balaban J connectivity index is 1.85.